The Labute approximate surface area is 140 Å². The fourth-order valence-corrected chi connectivity index (χ4v) is 2.67. The fourth-order valence-electron chi connectivity index (χ4n) is 2.67. The molecule has 0 radical (unpaired) electrons. The molecule has 4 nitrogen and oxygen atoms in total. The summed E-state index contributed by atoms with van der Waals surface area (Å²) in [6.45, 7) is 0. The molecule has 0 aliphatic heterocycles. The van der Waals surface area contributed by atoms with Crippen LogP contribution in [-0.4, -0.2) is 10.5 Å². The van der Waals surface area contributed by atoms with Gasteiger partial charge in [0.15, 0.2) is 0 Å². The molecule has 0 unspecified atom stereocenters. The third-order valence-electron chi connectivity index (χ3n) is 3.88. The second-order valence-corrected chi connectivity index (χ2v) is 5.61. The van der Waals surface area contributed by atoms with Gasteiger partial charge in [0.25, 0.3) is 0 Å². The van der Waals surface area contributed by atoms with E-state index >= 15 is 0 Å². The molecule has 0 aliphatic carbocycles. The van der Waals surface area contributed by atoms with Gasteiger partial charge in [-0.2, -0.15) is 0 Å². The van der Waals surface area contributed by atoms with Crippen molar-refractivity contribution in [3.8, 4) is 0 Å². The molecule has 0 spiro atoms. The standard InChI is InChI=1S/C20H18N2O2/c1-22-14-17(12-13-18(22)23)21-20(24)19(15-8-4-2-5-9-15)16-10-6-3-7-11-16/h2-14,19H,1H3,(H,21,24). The molecule has 1 N–H and O–H groups in total. The van der Waals surface area contributed by atoms with Crippen LogP contribution < -0.4 is 10.9 Å². The maximum absolute atomic E-state index is 12.9. The second-order valence-electron chi connectivity index (χ2n) is 5.61. The zero-order chi connectivity index (χ0) is 16.9. The lowest BCUT2D eigenvalue weighted by atomic mass is 9.90. The normalized spacial score (nSPS) is 10.6. The molecule has 1 aromatic heterocycles. The van der Waals surface area contributed by atoms with E-state index in [4.69, 9.17) is 0 Å². The van der Waals surface area contributed by atoms with Gasteiger partial charge in [0, 0.05) is 19.3 Å². The number of pyridine rings is 1. The van der Waals surface area contributed by atoms with Crippen molar-refractivity contribution in [2.24, 2.45) is 7.05 Å². The number of nitrogens with zero attached hydrogens (tertiary/aromatic N) is 1. The second kappa shape index (κ2) is 6.96. The summed E-state index contributed by atoms with van der Waals surface area (Å²) in [7, 11) is 1.66. The quantitative estimate of drug-likeness (QED) is 0.803. The predicted molar refractivity (Wildman–Crippen MR) is 95.0 cm³/mol. The number of benzene rings is 2. The van der Waals surface area contributed by atoms with Crippen molar-refractivity contribution in [1.82, 2.24) is 4.57 Å². The lowest BCUT2D eigenvalue weighted by Gasteiger charge is -2.18. The first kappa shape index (κ1) is 15.7. The van der Waals surface area contributed by atoms with Gasteiger partial charge in [0.05, 0.1) is 11.6 Å². The number of amides is 1. The highest BCUT2D eigenvalue weighted by Gasteiger charge is 2.22. The van der Waals surface area contributed by atoms with Crippen LogP contribution in [0.3, 0.4) is 0 Å². The van der Waals surface area contributed by atoms with Crippen LogP contribution in [0.1, 0.15) is 17.0 Å². The molecule has 0 saturated carbocycles. The highest BCUT2D eigenvalue weighted by molar-refractivity contribution is 5.98. The van der Waals surface area contributed by atoms with E-state index in [0.29, 0.717) is 5.69 Å². The van der Waals surface area contributed by atoms with Crippen LogP contribution in [-0.2, 0) is 11.8 Å². The molecule has 1 amide bonds. The van der Waals surface area contributed by atoms with Gasteiger partial charge in [0.1, 0.15) is 0 Å². The van der Waals surface area contributed by atoms with E-state index in [2.05, 4.69) is 5.32 Å². The molecule has 0 saturated heterocycles. The molecule has 2 aromatic carbocycles. The molecule has 0 aliphatic rings. The average Bonchev–Trinajstić information content (AvgIpc) is 2.60. The largest absolute Gasteiger partial charge is 0.324 e. The smallest absolute Gasteiger partial charge is 0.250 e. The van der Waals surface area contributed by atoms with E-state index in [1.54, 1.807) is 19.3 Å². The van der Waals surface area contributed by atoms with Crippen molar-refractivity contribution in [3.05, 3.63) is 100 Å². The third-order valence-corrected chi connectivity index (χ3v) is 3.88. The number of nitrogens with one attached hydrogen (secondary N) is 1. The SMILES string of the molecule is Cn1cc(NC(=O)C(c2ccccc2)c2ccccc2)ccc1=O. The summed E-state index contributed by atoms with van der Waals surface area (Å²) in [6, 6.07) is 22.4. The first-order valence-electron chi connectivity index (χ1n) is 7.72. The van der Waals surface area contributed by atoms with Gasteiger partial charge in [-0.15, -0.1) is 0 Å². The summed E-state index contributed by atoms with van der Waals surface area (Å²) in [4.78, 5) is 24.4. The number of carbonyl (C=O) groups excluding carboxylic acids is 1. The average molecular weight is 318 g/mol. The molecule has 3 rings (SSSR count). The number of rotatable bonds is 4. The number of aryl methyl sites for hydroxylation is 1. The van der Waals surface area contributed by atoms with Crippen LogP contribution in [0.4, 0.5) is 5.69 Å². The lowest BCUT2D eigenvalue weighted by Crippen LogP contribution is -2.23. The third kappa shape index (κ3) is 3.43. The van der Waals surface area contributed by atoms with Crippen molar-refractivity contribution >= 4 is 11.6 Å². The summed E-state index contributed by atoms with van der Waals surface area (Å²) < 4.78 is 1.44. The van der Waals surface area contributed by atoms with Crippen LogP contribution in [0.15, 0.2) is 83.8 Å². The number of aromatic nitrogens is 1. The van der Waals surface area contributed by atoms with Gasteiger partial charge in [-0.05, 0) is 17.2 Å². The Kier molecular flexibility index (Phi) is 4.57. The van der Waals surface area contributed by atoms with Crippen molar-refractivity contribution in [3.63, 3.8) is 0 Å². The van der Waals surface area contributed by atoms with E-state index in [-0.39, 0.29) is 11.5 Å². The van der Waals surface area contributed by atoms with Gasteiger partial charge < -0.3 is 9.88 Å². The molecule has 0 fully saturated rings. The summed E-state index contributed by atoms with van der Waals surface area (Å²) in [6.07, 6.45) is 1.62. The number of hydrogen-bond donors (Lipinski definition) is 1. The molecule has 3 aromatic rings. The van der Waals surface area contributed by atoms with E-state index < -0.39 is 5.92 Å². The Morgan fingerprint density at radius 2 is 1.42 bits per heavy atom. The maximum atomic E-state index is 12.9. The van der Waals surface area contributed by atoms with Crippen molar-refractivity contribution in [2.45, 2.75) is 5.92 Å². The van der Waals surface area contributed by atoms with Crippen LogP contribution in [0.25, 0.3) is 0 Å². The molecule has 24 heavy (non-hydrogen) atoms. The van der Waals surface area contributed by atoms with Gasteiger partial charge >= 0.3 is 0 Å². The van der Waals surface area contributed by atoms with Crippen LogP contribution in [0.2, 0.25) is 0 Å². The van der Waals surface area contributed by atoms with Gasteiger partial charge in [-0.25, -0.2) is 0 Å². The summed E-state index contributed by atoms with van der Waals surface area (Å²) in [5.74, 6) is -0.546. The molecule has 120 valence electrons. The monoisotopic (exact) mass is 318 g/mol. The molecular weight excluding hydrogens is 300 g/mol. The van der Waals surface area contributed by atoms with E-state index in [9.17, 15) is 9.59 Å². The Hall–Kier alpha value is -3.14. The summed E-state index contributed by atoms with van der Waals surface area (Å²) in [5, 5.41) is 2.91. The highest BCUT2D eigenvalue weighted by atomic mass is 16.2. The van der Waals surface area contributed by atoms with E-state index in [1.165, 1.54) is 10.6 Å². The molecule has 0 bridgehead atoms. The van der Waals surface area contributed by atoms with Crippen molar-refractivity contribution in [2.75, 3.05) is 5.32 Å². The number of hydrogen-bond acceptors (Lipinski definition) is 2. The zero-order valence-electron chi connectivity index (χ0n) is 13.3. The number of anilines is 1. The summed E-state index contributed by atoms with van der Waals surface area (Å²) >= 11 is 0. The van der Waals surface area contributed by atoms with E-state index in [1.807, 2.05) is 60.7 Å². The van der Waals surface area contributed by atoms with Crippen LogP contribution in [0, 0.1) is 0 Å². The molecular formula is C20H18N2O2. The van der Waals surface area contributed by atoms with Gasteiger partial charge in [-0.3, -0.25) is 9.59 Å². The van der Waals surface area contributed by atoms with Crippen LogP contribution >= 0.6 is 0 Å². The minimum absolute atomic E-state index is 0.115. The first-order chi connectivity index (χ1) is 11.6. The Morgan fingerprint density at radius 1 is 0.875 bits per heavy atom. The van der Waals surface area contributed by atoms with Crippen molar-refractivity contribution in [1.29, 1.82) is 0 Å². The molecule has 1 heterocycles. The molecule has 4 heteroatoms. The Balaban J connectivity index is 1.95. The Morgan fingerprint density at radius 3 is 1.92 bits per heavy atom. The maximum Gasteiger partial charge on any atom is 0.250 e. The minimum Gasteiger partial charge on any atom is -0.324 e. The van der Waals surface area contributed by atoms with Crippen molar-refractivity contribution < 1.29 is 4.79 Å². The molecule has 0 atom stereocenters. The predicted octanol–water partition coefficient (Wildman–Crippen LogP) is 3.16. The topological polar surface area (TPSA) is 51.1 Å². The zero-order valence-corrected chi connectivity index (χ0v) is 13.3. The first-order valence-corrected chi connectivity index (χ1v) is 7.72. The van der Waals surface area contributed by atoms with Crippen LogP contribution in [0.5, 0.6) is 0 Å². The minimum atomic E-state index is -0.412. The Bertz CT molecular complexity index is 847. The van der Waals surface area contributed by atoms with Gasteiger partial charge in [0.2, 0.25) is 11.5 Å². The fraction of sp³-hybridized carbons (Fsp3) is 0.100. The van der Waals surface area contributed by atoms with Gasteiger partial charge in [-0.1, -0.05) is 60.7 Å². The number of carbonyl (C=O) groups is 1. The summed E-state index contributed by atoms with van der Waals surface area (Å²) in [5.41, 5.74) is 2.33. The lowest BCUT2D eigenvalue weighted by molar-refractivity contribution is -0.116. The van der Waals surface area contributed by atoms with E-state index in [0.717, 1.165) is 11.1 Å². The highest BCUT2D eigenvalue weighted by Crippen LogP contribution is 2.26.